The van der Waals surface area contributed by atoms with Gasteiger partial charge in [-0.05, 0) is 33.8 Å². The Morgan fingerprint density at radius 2 is 1.61 bits per heavy atom. The standard InChI is InChI=1S/C18H23N3O5.C8H15NO3/c1-5-26-17(23)18(2)9-21(8-15(18)22)16-11-6-13(24-3)14(25-4)7-12(11)19-10-20-16;1-3-12-7(11)8(2)5-9-4-6(8)10/h6-7,10,15,22H,5,8-9H2,1-4H3;6,9-10H,3-5H2,1-2H3. The van der Waals surface area contributed by atoms with Gasteiger partial charge in [0.1, 0.15) is 23.0 Å². The van der Waals surface area contributed by atoms with Gasteiger partial charge in [-0.3, -0.25) is 9.59 Å². The third-order valence-electron chi connectivity index (χ3n) is 7.12. The first-order valence-electron chi connectivity index (χ1n) is 12.6. The van der Waals surface area contributed by atoms with Crippen molar-refractivity contribution < 1.29 is 38.7 Å². The molecule has 4 rings (SSSR count). The maximum Gasteiger partial charge on any atom is 0.316 e. The van der Waals surface area contributed by atoms with Crippen molar-refractivity contribution in [1.82, 2.24) is 15.3 Å². The number of nitrogens with zero attached hydrogens (tertiary/aromatic N) is 3. The molecule has 0 spiro atoms. The summed E-state index contributed by atoms with van der Waals surface area (Å²) in [5.41, 5.74) is -1.08. The van der Waals surface area contributed by atoms with Crippen LogP contribution in [0.3, 0.4) is 0 Å². The summed E-state index contributed by atoms with van der Waals surface area (Å²) in [6, 6.07) is 3.58. The van der Waals surface area contributed by atoms with E-state index >= 15 is 0 Å². The number of benzene rings is 1. The van der Waals surface area contributed by atoms with Crippen LogP contribution in [-0.2, 0) is 19.1 Å². The highest BCUT2D eigenvalue weighted by atomic mass is 16.5. The Kier molecular flexibility index (Phi) is 9.34. The fourth-order valence-electron chi connectivity index (χ4n) is 4.57. The van der Waals surface area contributed by atoms with Gasteiger partial charge in [-0.25, -0.2) is 9.97 Å². The van der Waals surface area contributed by atoms with E-state index in [1.54, 1.807) is 54.0 Å². The second-order valence-corrected chi connectivity index (χ2v) is 9.74. The molecule has 0 aliphatic carbocycles. The van der Waals surface area contributed by atoms with Gasteiger partial charge in [0, 0.05) is 37.6 Å². The number of carbonyl (C=O) groups excluding carboxylic acids is 2. The number of fused-ring (bicyclic) bond motifs is 1. The molecule has 2 aliphatic heterocycles. The summed E-state index contributed by atoms with van der Waals surface area (Å²) in [6.45, 7) is 9.10. The third-order valence-corrected chi connectivity index (χ3v) is 7.12. The van der Waals surface area contributed by atoms with E-state index in [1.165, 1.54) is 6.33 Å². The number of aliphatic hydroxyl groups excluding tert-OH is 2. The van der Waals surface area contributed by atoms with E-state index in [0.717, 1.165) is 5.39 Å². The van der Waals surface area contributed by atoms with Gasteiger partial charge >= 0.3 is 11.9 Å². The van der Waals surface area contributed by atoms with E-state index in [9.17, 15) is 19.8 Å². The van der Waals surface area contributed by atoms with E-state index in [2.05, 4.69) is 15.3 Å². The Bertz CT molecular complexity index is 1150. The average molecular weight is 535 g/mol. The van der Waals surface area contributed by atoms with Gasteiger partial charge in [0.25, 0.3) is 0 Å². The molecular formula is C26H38N4O8. The number of esters is 2. The van der Waals surface area contributed by atoms with Crippen LogP contribution in [0.5, 0.6) is 11.5 Å². The number of hydrogen-bond acceptors (Lipinski definition) is 12. The number of carbonyl (C=O) groups is 2. The van der Waals surface area contributed by atoms with Crippen molar-refractivity contribution in [2.24, 2.45) is 10.8 Å². The Balaban J connectivity index is 0.000000279. The van der Waals surface area contributed by atoms with Crippen molar-refractivity contribution in [1.29, 1.82) is 0 Å². The summed E-state index contributed by atoms with van der Waals surface area (Å²) in [7, 11) is 3.12. The van der Waals surface area contributed by atoms with Crippen LogP contribution in [0.1, 0.15) is 27.7 Å². The molecule has 0 saturated carbocycles. The topological polar surface area (TPSA) is 153 Å². The van der Waals surface area contributed by atoms with E-state index in [0.29, 0.717) is 49.1 Å². The maximum absolute atomic E-state index is 12.3. The molecule has 0 radical (unpaired) electrons. The van der Waals surface area contributed by atoms with Gasteiger partial charge in [-0.15, -0.1) is 0 Å². The first-order chi connectivity index (χ1) is 18.0. The Hall–Kier alpha value is -3.22. The van der Waals surface area contributed by atoms with Crippen molar-refractivity contribution in [2.75, 3.05) is 58.5 Å². The van der Waals surface area contributed by atoms with E-state index in [4.69, 9.17) is 18.9 Å². The van der Waals surface area contributed by atoms with Crippen molar-refractivity contribution >= 4 is 28.7 Å². The summed E-state index contributed by atoms with van der Waals surface area (Å²) in [4.78, 5) is 34.2. The fraction of sp³-hybridized carbons (Fsp3) is 0.615. The van der Waals surface area contributed by atoms with Crippen LogP contribution < -0.4 is 19.7 Å². The van der Waals surface area contributed by atoms with Crippen LogP contribution in [0.15, 0.2) is 18.5 Å². The molecule has 2 fully saturated rings. The monoisotopic (exact) mass is 534 g/mol. The summed E-state index contributed by atoms with van der Waals surface area (Å²) >= 11 is 0. The smallest absolute Gasteiger partial charge is 0.316 e. The first-order valence-corrected chi connectivity index (χ1v) is 12.6. The molecule has 1 aromatic carbocycles. The molecule has 38 heavy (non-hydrogen) atoms. The highest BCUT2D eigenvalue weighted by molar-refractivity contribution is 5.92. The average Bonchev–Trinajstić information content (AvgIpc) is 3.42. The molecular weight excluding hydrogens is 496 g/mol. The van der Waals surface area contributed by atoms with E-state index in [-0.39, 0.29) is 19.1 Å². The number of aromatic nitrogens is 2. The van der Waals surface area contributed by atoms with Gasteiger partial charge in [0.05, 0.1) is 45.2 Å². The molecule has 0 bridgehead atoms. The molecule has 210 valence electrons. The molecule has 2 saturated heterocycles. The number of hydrogen-bond donors (Lipinski definition) is 3. The molecule has 12 nitrogen and oxygen atoms in total. The lowest BCUT2D eigenvalue weighted by molar-refractivity contribution is -0.159. The second kappa shape index (κ2) is 12.1. The predicted molar refractivity (Wildman–Crippen MR) is 139 cm³/mol. The van der Waals surface area contributed by atoms with E-state index in [1.807, 2.05) is 4.90 Å². The minimum atomic E-state index is -1.01. The van der Waals surface area contributed by atoms with Crippen LogP contribution in [-0.4, -0.2) is 97.9 Å². The van der Waals surface area contributed by atoms with Crippen LogP contribution in [0.25, 0.3) is 10.9 Å². The van der Waals surface area contributed by atoms with E-state index < -0.39 is 29.0 Å². The number of β-amino-alcohol motifs (C(OH)–C–C–N with tert-alkyl or cyclic N) is 2. The minimum Gasteiger partial charge on any atom is -0.493 e. The summed E-state index contributed by atoms with van der Waals surface area (Å²) in [6.07, 6.45) is -0.0287. The molecule has 3 N–H and O–H groups in total. The quantitative estimate of drug-likeness (QED) is 0.433. The van der Waals surface area contributed by atoms with Crippen molar-refractivity contribution in [3.63, 3.8) is 0 Å². The van der Waals surface area contributed by atoms with Crippen LogP contribution in [0.4, 0.5) is 5.82 Å². The Labute approximate surface area is 222 Å². The molecule has 1 aromatic heterocycles. The number of ether oxygens (including phenoxy) is 4. The van der Waals surface area contributed by atoms with Crippen molar-refractivity contribution in [3.05, 3.63) is 18.5 Å². The third kappa shape index (κ3) is 5.62. The summed E-state index contributed by atoms with van der Waals surface area (Å²) < 4.78 is 20.7. The first kappa shape index (κ1) is 29.3. The molecule has 2 aliphatic rings. The molecule has 2 aromatic rings. The van der Waals surface area contributed by atoms with Gasteiger partial charge in [0.15, 0.2) is 11.5 Å². The zero-order valence-corrected chi connectivity index (χ0v) is 22.8. The highest BCUT2D eigenvalue weighted by Crippen LogP contribution is 2.39. The van der Waals surface area contributed by atoms with Crippen LogP contribution in [0, 0.1) is 10.8 Å². The number of methoxy groups -OCH3 is 2. The summed E-state index contributed by atoms with van der Waals surface area (Å²) in [5.74, 6) is 1.03. The Morgan fingerprint density at radius 3 is 2.16 bits per heavy atom. The van der Waals surface area contributed by atoms with Crippen molar-refractivity contribution in [3.8, 4) is 11.5 Å². The van der Waals surface area contributed by atoms with Gasteiger partial charge in [0.2, 0.25) is 0 Å². The normalized spacial score (nSPS) is 26.5. The van der Waals surface area contributed by atoms with Gasteiger partial charge < -0.3 is 39.4 Å². The number of aliphatic hydroxyl groups is 2. The number of anilines is 1. The maximum atomic E-state index is 12.3. The number of nitrogens with one attached hydrogen (secondary N) is 1. The number of rotatable bonds is 7. The molecule has 4 unspecified atom stereocenters. The van der Waals surface area contributed by atoms with Gasteiger partial charge in [-0.1, -0.05) is 0 Å². The fourth-order valence-corrected chi connectivity index (χ4v) is 4.57. The minimum absolute atomic E-state index is 0.272. The molecule has 3 heterocycles. The molecule has 0 amide bonds. The molecule has 12 heteroatoms. The zero-order chi connectivity index (χ0) is 28.1. The zero-order valence-electron chi connectivity index (χ0n) is 22.8. The summed E-state index contributed by atoms with van der Waals surface area (Å²) in [5, 5.41) is 23.7. The lowest BCUT2D eigenvalue weighted by atomic mass is 9.87. The van der Waals surface area contributed by atoms with Crippen LogP contribution in [0.2, 0.25) is 0 Å². The SMILES string of the molecule is CCOC(=O)C1(C)CN(c2ncnc3cc(OC)c(OC)cc23)CC1O.CCOC(=O)C1(C)CNCC1O. The van der Waals surface area contributed by atoms with Crippen molar-refractivity contribution in [2.45, 2.75) is 39.9 Å². The predicted octanol–water partition coefficient (Wildman–Crippen LogP) is 0.917. The largest absolute Gasteiger partial charge is 0.493 e. The van der Waals surface area contributed by atoms with Gasteiger partial charge in [-0.2, -0.15) is 0 Å². The van der Waals surface area contributed by atoms with Crippen LogP contribution >= 0.6 is 0 Å². The molecule has 4 atom stereocenters. The lowest BCUT2D eigenvalue weighted by Gasteiger charge is -2.25. The second-order valence-electron chi connectivity index (χ2n) is 9.74. The highest BCUT2D eigenvalue weighted by Gasteiger charge is 2.50. The Morgan fingerprint density at radius 1 is 1.00 bits per heavy atom. The lowest BCUT2D eigenvalue weighted by Crippen LogP contribution is -2.40.